The standard InChI is InChI=1S/C14H14N4O/c15-11-2-1-3-12-13(11)17-14(18(12)8-9-19)10-4-6-16-7-5-10/h1-7,19H,8-9,15H2. The molecule has 0 aliphatic carbocycles. The Balaban J connectivity index is 2.29. The molecule has 5 nitrogen and oxygen atoms in total. The molecule has 2 heterocycles. The molecule has 0 saturated heterocycles. The lowest BCUT2D eigenvalue weighted by molar-refractivity contribution is 0.278. The largest absolute Gasteiger partial charge is 0.397 e. The summed E-state index contributed by atoms with van der Waals surface area (Å²) in [4.78, 5) is 8.61. The highest BCUT2D eigenvalue weighted by Gasteiger charge is 2.13. The molecule has 0 aliphatic heterocycles. The zero-order valence-corrected chi connectivity index (χ0v) is 10.3. The van der Waals surface area contributed by atoms with Gasteiger partial charge in [-0.15, -0.1) is 0 Å². The van der Waals surface area contributed by atoms with E-state index in [1.54, 1.807) is 12.4 Å². The van der Waals surface area contributed by atoms with Gasteiger partial charge < -0.3 is 15.4 Å². The van der Waals surface area contributed by atoms with Crippen molar-refractivity contribution in [3.8, 4) is 11.4 Å². The molecule has 3 N–H and O–H groups in total. The van der Waals surface area contributed by atoms with Crippen LogP contribution in [-0.2, 0) is 6.54 Å². The first-order chi connectivity index (χ1) is 9.31. The molecule has 5 heteroatoms. The molecule has 3 rings (SSSR count). The van der Waals surface area contributed by atoms with Crippen LogP contribution >= 0.6 is 0 Å². The maximum atomic E-state index is 9.25. The quantitative estimate of drug-likeness (QED) is 0.697. The van der Waals surface area contributed by atoms with Crippen LogP contribution in [0.2, 0.25) is 0 Å². The molecule has 0 aliphatic rings. The normalized spacial score (nSPS) is 11.0. The second kappa shape index (κ2) is 4.70. The molecule has 0 fully saturated rings. The van der Waals surface area contributed by atoms with E-state index in [0.29, 0.717) is 12.2 Å². The number of hydrogen-bond acceptors (Lipinski definition) is 4. The topological polar surface area (TPSA) is 77.0 Å². The monoisotopic (exact) mass is 254 g/mol. The van der Waals surface area contributed by atoms with Crippen LogP contribution in [0.3, 0.4) is 0 Å². The lowest BCUT2D eigenvalue weighted by atomic mass is 10.2. The van der Waals surface area contributed by atoms with Crippen molar-refractivity contribution >= 4 is 16.7 Å². The molecule has 0 atom stereocenters. The van der Waals surface area contributed by atoms with Gasteiger partial charge in [0.1, 0.15) is 11.3 Å². The molecule has 96 valence electrons. The average Bonchev–Trinajstić information content (AvgIpc) is 2.81. The van der Waals surface area contributed by atoms with E-state index in [1.807, 2.05) is 34.9 Å². The summed E-state index contributed by atoms with van der Waals surface area (Å²) in [7, 11) is 0. The average molecular weight is 254 g/mol. The van der Waals surface area contributed by atoms with Gasteiger partial charge in [0, 0.05) is 24.5 Å². The zero-order chi connectivity index (χ0) is 13.2. The number of fused-ring (bicyclic) bond motifs is 1. The van der Waals surface area contributed by atoms with Gasteiger partial charge in [-0.3, -0.25) is 4.98 Å². The van der Waals surface area contributed by atoms with E-state index < -0.39 is 0 Å². The number of para-hydroxylation sites is 1. The third kappa shape index (κ3) is 1.94. The van der Waals surface area contributed by atoms with Crippen molar-refractivity contribution in [3.63, 3.8) is 0 Å². The maximum absolute atomic E-state index is 9.25. The molecular weight excluding hydrogens is 240 g/mol. The minimum absolute atomic E-state index is 0.0539. The van der Waals surface area contributed by atoms with E-state index in [-0.39, 0.29) is 6.61 Å². The van der Waals surface area contributed by atoms with Gasteiger partial charge in [-0.2, -0.15) is 0 Å². The second-order valence-corrected chi connectivity index (χ2v) is 4.26. The van der Waals surface area contributed by atoms with Crippen molar-refractivity contribution < 1.29 is 5.11 Å². The Morgan fingerprint density at radius 1 is 1.16 bits per heavy atom. The zero-order valence-electron chi connectivity index (χ0n) is 10.3. The highest BCUT2D eigenvalue weighted by molar-refractivity contribution is 5.90. The number of rotatable bonds is 3. The van der Waals surface area contributed by atoms with Crippen LogP contribution in [0, 0.1) is 0 Å². The number of nitrogen functional groups attached to an aromatic ring is 1. The molecule has 2 aromatic heterocycles. The van der Waals surface area contributed by atoms with Crippen LogP contribution in [-0.4, -0.2) is 26.2 Å². The molecule has 0 spiro atoms. The van der Waals surface area contributed by atoms with E-state index in [1.165, 1.54) is 0 Å². The fourth-order valence-corrected chi connectivity index (χ4v) is 2.22. The lowest BCUT2D eigenvalue weighted by Gasteiger charge is -2.07. The van der Waals surface area contributed by atoms with Crippen LogP contribution in [0.5, 0.6) is 0 Å². The van der Waals surface area contributed by atoms with Gasteiger partial charge in [0.05, 0.1) is 17.8 Å². The SMILES string of the molecule is Nc1cccc2c1nc(-c1ccncc1)n2CCO. The van der Waals surface area contributed by atoms with Crippen LogP contribution in [0.25, 0.3) is 22.4 Å². The first kappa shape index (κ1) is 11.7. The number of nitrogens with two attached hydrogens (primary N) is 1. The predicted octanol–water partition coefficient (Wildman–Crippen LogP) is 1.67. The fraction of sp³-hybridized carbons (Fsp3) is 0.143. The van der Waals surface area contributed by atoms with Crippen molar-refractivity contribution in [1.29, 1.82) is 0 Å². The Labute approximate surface area is 110 Å². The van der Waals surface area contributed by atoms with Gasteiger partial charge in [0.2, 0.25) is 0 Å². The first-order valence-electron chi connectivity index (χ1n) is 6.07. The smallest absolute Gasteiger partial charge is 0.141 e. The van der Waals surface area contributed by atoms with Crippen molar-refractivity contribution in [1.82, 2.24) is 14.5 Å². The lowest BCUT2D eigenvalue weighted by Crippen LogP contribution is -2.04. The number of benzene rings is 1. The summed E-state index contributed by atoms with van der Waals surface area (Å²) in [6.07, 6.45) is 3.45. The number of nitrogens with zero attached hydrogens (tertiary/aromatic N) is 3. The molecular formula is C14H14N4O. The van der Waals surface area contributed by atoms with E-state index >= 15 is 0 Å². The number of aliphatic hydroxyl groups excluding tert-OH is 1. The van der Waals surface area contributed by atoms with Gasteiger partial charge in [0.15, 0.2) is 0 Å². The van der Waals surface area contributed by atoms with E-state index in [2.05, 4.69) is 9.97 Å². The second-order valence-electron chi connectivity index (χ2n) is 4.26. The number of aliphatic hydroxyl groups is 1. The third-order valence-corrected chi connectivity index (χ3v) is 3.07. The number of pyridine rings is 1. The van der Waals surface area contributed by atoms with Crippen LogP contribution in [0.1, 0.15) is 0 Å². The summed E-state index contributed by atoms with van der Waals surface area (Å²) >= 11 is 0. The number of aromatic nitrogens is 3. The van der Waals surface area contributed by atoms with Crippen LogP contribution in [0.15, 0.2) is 42.7 Å². The van der Waals surface area contributed by atoms with E-state index in [4.69, 9.17) is 5.73 Å². The Morgan fingerprint density at radius 2 is 1.95 bits per heavy atom. The molecule has 0 bridgehead atoms. The number of anilines is 1. The molecule has 0 unspecified atom stereocenters. The van der Waals surface area contributed by atoms with Crippen LogP contribution in [0.4, 0.5) is 5.69 Å². The highest BCUT2D eigenvalue weighted by Crippen LogP contribution is 2.27. The number of imidazole rings is 1. The van der Waals surface area contributed by atoms with Crippen molar-refractivity contribution in [2.24, 2.45) is 0 Å². The molecule has 3 aromatic rings. The molecule has 0 saturated carbocycles. The van der Waals surface area contributed by atoms with Gasteiger partial charge >= 0.3 is 0 Å². The molecule has 0 amide bonds. The Bertz CT molecular complexity index is 706. The summed E-state index contributed by atoms with van der Waals surface area (Å²) in [6.45, 7) is 0.538. The Hall–Kier alpha value is -2.40. The number of hydrogen-bond donors (Lipinski definition) is 2. The summed E-state index contributed by atoms with van der Waals surface area (Å²) in [5.74, 6) is 0.796. The minimum atomic E-state index is 0.0539. The maximum Gasteiger partial charge on any atom is 0.141 e. The van der Waals surface area contributed by atoms with Crippen LogP contribution < -0.4 is 5.73 Å². The Kier molecular flexibility index (Phi) is 2.89. The summed E-state index contributed by atoms with van der Waals surface area (Å²) < 4.78 is 1.97. The summed E-state index contributed by atoms with van der Waals surface area (Å²) in [5.41, 5.74) is 9.26. The third-order valence-electron chi connectivity index (χ3n) is 3.07. The van der Waals surface area contributed by atoms with Gasteiger partial charge in [0.25, 0.3) is 0 Å². The molecule has 19 heavy (non-hydrogen) atoms. The molecule has 1 aromatic carbocycles. The van der Waals surface area contributed by atoms with Gasteiger partial charge in [-0.1, -0.05) is 6.07 Å². The van der Waals surface area contributed by atoms with Gasteiger partial charge in [-0.05, 0) is 24.3 Å². The first-order valence-corrected chi connectivity index (χ1v) is 6.07. The summed E-state index contributed by atoms with van der Waals surface area (Å²) in [6, 6.07) is 9.47. The fourth-order valence-electron chi connectivity index (χ4n) is 2.22. The molecule has 0 radical (unpaired) electrons. The van der Waals surface area contributed by atoms with Gasteiger partial charge in [-0.25, -0.2) is 4.98 Å². The van der Waals surface area contributed by atoms with Crippen molar-refractivity contribution in [2.45, 2.75) is 6.54 Å². The van der Waals surface area contributed by atoms with E-state index in [0.717, 1.165) is 22.4 Å². The minimum Gasteiger partial charge on any atom is -0.397 e. The van der Waals surface area contributed by atoms with E-state index in [9.17, 15) is 5.11 Å². The Morgan fingerprint density at radius 3 is 2.68 bits per heavy atom. The highest BCUT2D eigenvalue weighted by atomic mass is 16.3. The summed E-state index contributed by atoms with van der Waals surface area (Å²) in [5, 5.41) is 9.25. The predicted molar refractivity (Wildman–Crippen MR) is 74.5 cm³/mol. The van der Waals surface area contributed by atoms with Crippen molar-refractivity contribution in [3.05, 3.63) is 42.7 Å². The van der Waals surface area contributed by atoms with Crippen molar-refractivity contribution in [2.75, 3.05) is 12.3 Å².